The number of hydrogen-bond acceptors (Lipinski definition) is 3. The van der Waals surface area contributed by atoms with Gasteiger partial charge in [-0.15, -0.1) is 0 Å². The molecule has 0 N–H and O–H groups in total. The van der Waals surface area contributed by atoms with Crippen LogP contribution in [0.1, 0.15) is 37.4 Å². The zero-order chi connectivity index (χ0) is 18.5. The van der Waals surface area contributed by atoms with Gasteiger partial charge in [0.2, 0.25) is 0 Å². The van der Waals surface area contributed by atoms with Crippen LogP contribution in [-0.2, 0) is 0 Å². The van der Waals surface area contributed by atoms with Gasteiger partial charge in [0.25, 0.3) is 0 Å². The molecule has 0 amide bonds. The molecule has 1 heterocycles. The number of hydrogen-bond donors (Lipinski definition) is 0. The molecule has 1 aliphatic rings. The van der Waals surface area contributed by atoms with Crippen molar-refractivity contribution in [3.05, 3.63) is 70.7 Å². The first kappa shape index (κ1) is 18.9. The molecule has 3 rings (SSSR count). The summed E-state index contributed by atoms with van der Waals surface area (Å²) in [6.07, 6.45) is 1.09. The van der Waals surface area contributed by atoms with Crippen molar-refractivity contribution in [1.82, 2.24) is 9.91 Å². The molecule has 2 atom stereocenters. The number of benzene rings is 2. The third-order valence-electron chi connectivity index (χ3n) is 5.33. The number of hydrazone groups is 1. The molecule has 4 heteroatoms. The molecule has 26 heavy (non-hydrogen) atoms. The van der Waals surface area contributed by atoms with Gasteiger partial charge in [-0.2, -0.15) is 5.10 Å². The second kappa shape index (κ2) is 8.70. The molecule has 0 fully saturated rings. The average molecular weight is 370 g/mol. The van der Waals surface area contributed by atoms with E-state index in [1.165, 1.54) is 16.8 Å². The van der Waals surface area contributed by atoms with Crippen LogP contribution in [0.15, 0.2) is 59.7 Å². The van der Waals surface area contributed by atoms with Crippen LogP contribution in [0.2, 0.25) is 5.02 Å². The zero-order valence-corrected chi connectivity index (χ0v) is 16.7. The summed E-state index contributed by atoms with van der Waals surface area (Å²) in [4.78, 5) is 2.49. The first-order valence-corrected chi connectivity index (χ1v) is 9.86. The molecule has 138 valence electrons. The molecule has 3 nitrogen and oxygen atoms in total. The van der Waals surface area contributed by atoms with E-state index in [4.69, 9.17) is 16.7 Å². The van der Waals surface area contributed by atoms with Crippen LogP contribution >= 0.6 is 11.6 Å². The SMILES string of the molecule is CCN(CC)CC[C@H]1C(c2ccccc2)=NN(C)[C@@H]1c1ccc(Cl)cc1. The Morgan fingerprint density at radius 2 is 1.65 bits per heavy atom. The summed E-state index contributed by atoms with van der Waals surface area (Å²) >= 11 is 6.11. The molecule has 0 radical (unpaired) electrons. The Morgan fingerprint density at radius 3 is 2.27 bits per heavy atom. The van der Waals surface area contributed by atoms with Crippen molar-refractivity contribution >= 4 is 17.3 Å². The fourth-order valence-corrected chi connectivity index (χ4v) is 3.99. The Labute approximate surface area is 162 Å². The van der Waals surface area contributed by atoms with Crippen molar-refractivity contribution in [3.63, 3.8) is 0 Å². The Bertz CT molecular complexity index is 723. The summed E-state index contributed by atoms with van der Waals surface area (Å²) < 4.78 is 0. The van der Waals surface area contributed by atoms with E-state index < -0.39 is 0 Å². The van der Waals surface area contributed by atoms with Gasteiger partial charge in [0.05, 0.1) is 11.8 Å². The molecule has 2 aromatic rings. The summed E-state index contributed by atoms with van der Waals surface area (Å²) in [7, 11) is 2.08. The number of rotatable bonds is 7. The van der Waals surface area contributed by atoms with Gasteiger partial charge < -0.3 is 4.90 Å². The molecule has 0 aliphatic carbocycles. The van der Waals surface area contributed by atoms with Gasteiger partial charge in [-0.25, -0.2) is 0 Å². The molecular formula is C22H28ClN3. The molecule has 2 aromatic carbocycles. The Kier molecular flexibility index (Phi) is 6.33. The molecule has 0 unspecified atom stereocenters. The summed E-state index contributed by atoms with van der Waals surface area (Å²) in [6.45, 7) is 7.71. The Morgan fingerprint density at radius 1 is 1.00 bits per heavy atom. The molecule has 0 saturated carbocycles. The molecule has 0 aromatic heterocycles. The molecule has 0 spiro atoms. The van der Waals surface area contributed by atoms with E-state index >= 15 is 0 Å². The Hall–Kier alpha value is -1.84. The largest absolute Gasteiger partial charge is 0.304 e. The van der Waals surface area contributed by atoms with Gasteiger partial charge in [0.1, 0.15) is 0 Å². The van der Waals surface area contributed by atoms with Crippen LogP contribution in [-0.4, -0.2) is 42.3 Å². The predicted octanol–water partition coefficient (Wildman–Crippen LogP) is 5.08. The summed E-state index contributed by atoms with van der Waals surface area (Å²) in [5.41, 5.74) is 3.69. The topological polar surface area (TPSA) is 18.8 Å². The Balaban J connectivity index is 1.91. The van der Waals surface area contributed by atoms with Crippen molar-refractivity contribution in [2.45, 2.75) is 26.3 Å². The lowest BCUT2D eigenvalue weighted by Crippen LogP contribution is -2.30. The lowest BCUT2D eigenvalue weighted by molar-refractivity contribution is 0.221. The van der Waals surface area contributed by atoms with E-state index in [1.54, 1.807) is 0 Å². The standard InChI is InChI=1S/C22H28ClN3/c1-4-26(5-2)16-15-20-21(17-9-7-6-8-10-17)24-25(3)22(20)18-11-13-19(23)14-12-18/h6-14,20,22H,4-5,15-16H2,1-3H3/t20-,22+/m0/s1. The van der Waals surface area contributed by atoms with Crippen LogP contribution in [0.3, 0.4) is 0 Å². The van der Waals surface area contributed by atoms with Crippen molar-refractivity contribution in [1.29, 1.82) is 0 Å². The van der Waals surface area contributed by atoms with E-state index in [9.17, 15) is 0 Å². The zero-order valence-electron chi connectivity index (χ0n) is 15.9. The van der Waals surface area contributed by atoms with Gasteiger partial charge in [-0.3, -0.25) is 5.01 Å². The highest BCUT2D eigenvalue weighted by molar-refractivity contribution is 6.30. The molecule has 1 aliphatic heterocycles. The van der Waals surface area contributed by atoms with E-state index in [0.717, 1.165) is 31.1 Å². The number of nitrogens with zero attached hydrogens (tertiary/aromatic N) is 3. The van der Waals surface area contributed by atoms with E-state index in [0.29, 0.717) is 5.92 Å². The van der Waals surface area contributed by atoms with E-state index in [-0.39, 0.29) is 6.04 Å². The maximum atomic E-state index is 6.11. The second-order valence-corrected chi connectivity index (χ2v) is 7.28. The minimum atomic E-state index is 0.248. The highest BCUT2D eigenvalue weighted by Gasteiger charge is 2.37. The van der Waals surface area contributed by atoms with Crippen LogP contribution in [0.5, 0.6) is 0 Å². The third-order valence-corrected chi connectivity index (χ3v) is 5.58. The first-order chi connectivity index (χ1) is 12.6. The van der Waals surface area contributed by atoms with Crippen molar-refractivity contribution in [3.8, 4) is 0 Å². The summed E-state index contributed by atoms with van der Waals surface area (Å²) in [5.74, 6) is 0.365. The fourth-order valence-electron chi connectivity index (χ4n) is 3.86. The molecular weight excluding hydrogens is 342 g/mol. The first-order valence-electron chi connectivity index (χ1n) is 9.48. The lowest BCUT2D eigenvalue weighted by atomic mass is 9.84. The van der Waals surface area contributed by atoms with Gasteiger partial charge in [0, 0.05) is 18.0 Å². The predicted molar refractivity (Wildman–Crippen MR) is 111 cm³/mol. The van der Waals surface area contributed by atoms with Crippen LogP contribution in [0.25, 0.3) is 0 Å². The van der Waals surface area contributed by atoms with Crippen molar-refractivity contribution < 1.29 is 0 Å². The van der Waals surface area contributed by atoms with Crippen LogP contribution < -0.4 is 0 Å². The van der Waals surface area contributed by atoms with Gasteiger partial charge >= 0.3 is 0 Å². The maximum absolute atomic E-state index is 6.11. The smallest absolute Gasteiger partial charge is 0.0801 e. The second-order valence-electron chi connectivity index (χ2n) is 6.84. The highest BCUT2D eigenvalue weighted by atomic mass is 35.5. The maximum Gasteiger partial charge on any atom is 0.0801 e. The number of halogens is 1. The van der Waals surface area contributed by atoms with Crippen molar-refractivity contribution in [2.24, 2.45) is 11.0 Å². The fraction of sp³-hybridized carbons (Fsp3) is 0.409. The van der Waals surface area contributed by atoms with Gasteiger partial charge in [0.15, 0.2) is 0 Å². The minimum absolute atomic E-state index is 0.248. The normalized spacial score (nSPS) is 19.9. The van der Waals surface area contributed by atoms with Crippen molar-refractivity contribution in [2.75, 3.05) is 26.7 Å². The third kappa shape index (κ3) is 4.11. The van der Waals surface area contributed by atoms with E-state index in [2.05, 4.69) is 73.3 Å². The molecule has 0 bridgehead atoms. The average Bonchev–Trinajstić information content (AvgIpc) is 3.00. The van der Waals surface area contributed by atoms with Gasteiger partial charge in [-0.1, -0.05) is 67.9 Å². The summed E-state index contributed by atoms with van der Waals surface area (Å²) in [6, 6.07) is 19.1. The van der Waals surface area contributed by atoms with E-state index in [1.807, 2.05) is 12.1 Å². The highest BCUT2D eigenvalue weighted by Crippen LogP contribution is 2.38. The quantitative estimate of drug-likeness (QED) is 0.677. The van der Waals surface area contributed by atoms with Gasteiger partial charge in [-0.05, 0) is 49.3 Å². The monoisotopic (exact) mass is 369 g/mol. The van der Waals surface area contributed by atoms with Crippen LogP contribution in [0, 0.1) is 5.92 Å². The summed E-state index contributed by atoms with van der Waals surface area (Å²) in [5, 5.41) is 7.85. The molecule has 0 saturated heterocycles. The lowest BCUT2D eigenvalue weighted by Gasteiger charge is -2.28. The van der Waals surface area contributed by atoms with Crippen LogP contribution in [0.4, 0.5) is 0 Å². The minimum Gasteiger partial charge on any atom is -0.304 e.